The number of rotatable bonds is 6. The second kappa shape index (κ2) is 8.68. The molecule has 0 aromatic heterocycles. The van der Waals surface area contributed by atoms with Crippen molar-refractivity contribution in [2.24, 2.45) is 0 Å². The SMILES string of the molecule is N#Cc1ccc(O)c(C(O)C(O)CNC(=O)OCc2ccccc2)c1. The smallest absolute Gasteiger partial charge is 0.407 e. The molecule has 2 unspecified atom stereocenters. The number of aliphatic hydroxyl groups excluding tert-OH is 2. The van der Waals surface area contributed by atoms with Gasteiger partial charge in [-0.25, -0.2) is 4.79 Å². The van der Waals surface area contributed by atoms with Crippen LogP contribution >= 0.6 is 0 Å². The summed E-state index contributed by atoms with van der Waals surface area (Å²) >= 11 is 0. The van der Waals surface area contributed by atoms with Gasteiger partial charge in [-0.15, -0.1) is 0 Å². The number of phenols is 1. The zero-order valence-electron chi connectivity index (χ0n) is 13.3. The Morgan fingerprint density at radius 3 is 2.60 bits per heavy atom. The fraction of sp³-hybridized carbons (Fsp3) is 0.222. The van der Waals surface area contributed by atoms with Crippen LogP contribution in [0.5, 0.6) is 5.75 Å². The van der Waals surface area contributed by atoms with E-state index in [1.54, 1.807) is 12.1 Å². The Labute approximate surface area is 144 Å². The number of nitrogens with one attached hydrogen (secondary N) is 1. The normalized spacial score (nSPS) is 12.7. The average molecular weight is 342 g/mol. The minimum absolute atomic E-state index is 0.00556. The molecule has 4 N–H and O–H groups in total. The lowest BCUT2D eigenvalue weighted by atomic mass is 10.0. The highest BCUT2D eigenvalue weighted by Crippen LogP contribution is 2.27. The zero-order valence-corrected chi connectivity index (χ0v) is 13.3. The van der Waals surface area contributed by atoms with Crippen molar-refractivity contribution in [3.05, 3.63) is 65.2 Å². The Balaban J connectivity index is 1.86. The standard InChI is InChI=1S/C18H18N2O5/c19-9-13-6-7-15(21)14(8-13)17(23)16(22)10-20-18(24)25-11-12-4-2-1-3-5-12/h1-8,16-17,21-23H,10-11H2,(H,20,24). The largest absolute Gasteiger partial charge is 0.508 e. The number of aliphatic hydroxyl groups is 2. The first-order valence-electron chi connectivity index (χ1n) is 7.55. The van der Waals surface area contributed by atoms with Gasteiger partial charge in [-0.3, -0.25) is 0 Å². The number of hydrogen-bond donors (Lipinski definition) is 4. The predicted octanol–water partition coefficient (Wildman–Crippen LogP) is 1.58. The van der Waals surface area contributed by atoms with Crippen molar-refractivity contribution < 1.29 is 24.9 Å². The van der Waals surface area contributed by atoms with Crippen molar-refractivity contribution in [1.29, 1.82) is 5.26 Å². The van der Waals surface area contributed by atoms with Gasteiger partial charge in [0, 0.05) is 12.1 Å². The summed E-state index contributed by atoms with van der Waals surface area (Å²) in [5.74, 6) is -0.253. The summed E-state index contributed by atoms with van der Waals surface area (Å²) in [6.45, 7) is -0.207. The van der Waals surface area contributed by atoms with Crippen LogP contribution in [0.25, 0.3) is 0 Å². The maximum atomic E-state index is 11.6. The molecule has 0 spiro atoms. The minimum atomic E-state index is -1.47. The highest BCUT2D eigenvalue weighted by molar-refractivity contribution is 5.67. The molecule has 0 fully saturated rings. The highest BCUT2D eigenvalue weighted by Gasteiger charge is 2.22. The number of nitriles is 1. The molecule has 0 radical (unpaired) electrons. The second-order valence-corrected chi connectivity index (χ2v) is 5.34. The first-order valence-corrected chi connectivity index (χ1v) is 7.55. The van der Waals surface area contributed by atoms with Crippen LogP contribution in [0.3, 0.4) is 0 Å². The number of ether oxygens (including phenoxy) is 1. The fourth-order valence-corrected chi connectivity index (χ4v) is 2.14. The first-order chi connectivity index (χ1) is 12.0. The Bertz CT molecular complexity index is 758. The van der Waals surface area contributed by atoms with E-state index < -0.39 is 18.3 Å². The summed E-state index contributed by atoms with van der Waals surface area (Å²) in [6, 6.07) is 14.9. The van der Waals surface area contributed by atoms with Crippen LogP contribution in [0.2, 0.25) is 0 Å². The molecule has 0 aliphatic carbocycles. The van der Waals surface area contributed by atoms with E-state index in [-0.39, 0.29) is 30.0 Å². The van der Waals surface area contributed by atoms with Crippen molar-refractivity contribution in [2.75, 3.05) is 6.54 Å². The molecule has 25 heavy (non-hydrogen) atoms. The Morgan fingerprint density at radius 1 is 1.20 bits per heavy atom. The van der Waals surface area contributed by atoms with E-state index in [0.29, 0.717) is 0 Å². The van der Waals surface area contributed by atoms with E-state index in [1.165, 1.54) is 18.2 Å². The zero-order chi connectivity index (χ0) is 18.2. The van der Waals surface area contributed by atoms with Crippen LogP contribution in [-0.2, 0) is 11.3 Å². The summed E-state index contributed by atoms with van der Waals surface area (Å²) in [5, 5.41) is 41.0. The maximum absolute atomic E-state index is 11.6. The number of phenolic OH excluding ortho intramolecular Hbond substituents is 1. The molecule has 0 saturated carbocycles. The summed E-state index contributed by atoms with van der Waals surface area (Å²) in [5.41, 5.74) is 1.05. The molecule has 130 valence electrons. The van der Waals surface area contributed by atoms with Crippen LogP contribution in [0.15, 0.2) is 48.5 Å². The molecule has 2 atom stereocenters. The first kappa shape index (κ1) is 18.3. The average Bonchev–Trinajstić information content (AvgIpc) is 2.65. The third-order valence-electron chi connectivity index (χ3n) is 3.51. The molecular weight excluding hydrogens is 324 g/mol. The van der Waals surface area contributed by atoms with Gasteiger partial charge >= 0.3 is 6.09 Å². The molecule has 2 aromatic carbocycles. The Hall–Kier alpha value is -3.08. The van der Waals surface area contributed by atoms with Gasteiger partial charge in [0.15, 0.2) is 0 Å². The number of alkyl carbamates (subject to hydrolysis) is 1. The number of nitrogens with zero attached hydrogens (tertiary/aromatic N) is 1. The lowest BCUT2D eigenvalue weighted by molar-refractivity contribution is 0.0171. The molecule has 2 aromatic rings. The van der Waals surface area contributed by atoms with Gasteiger partial charge in [0.25, 0.3) is 0 Å². The van der Waals surface area contributed by atoms with Crippen LogP contribution in [0.4, 0.5) is 4.79 Å². The molecule has 0 aliphatic rings. The number of benzene rings is 2. The van der Waals surface area contributed by atoms with Crippen LogP contribution in [-0.4, -0.2) is 34.1 Å². The lowest BCUT2D eigenvalue weighted by Gasteiger charge is -2.19. The molecule has 7 nitrogen and oxygen atoms in total. The quantitative estimate of drug-likeness (QED) is 0.632. The monoisotopic (exact) mass is 342 g/mol. The topological polar surface area (TPSA) is 123 Å². The van der Waals surface area contributed by atoms with Crippen molar-refractivity contribution in [3.63, 3.8) is 0 Å². The molecular formula is C18H18N2O5. The van der Waals surface area contributed by atoms with E-state index >= 15 is 0 Å². The van der Waals surface area contributed by atoms with E-state index in [1.807, 2.05) is 24.3 Å². The number of carbonyl (C=O) groups excluding carboxylic acids is 1. The second-order valence-electron chi connectivity index (χ2n) is 5.34. The van der Waals surface area contributed by atoms with Gasteiger partial charge in [0.05, 0.1) is 11.6 Å². The summed E-state index contributed by atoms with van der Waals surface area (Å²) in [7, 11) is 0. The van der Waals surface area contributed by atoms with E-state index in [2.05, 4.69) is 5.32 Å². The van der Waals surface area contributed by atoms with Gasteiger partial charge in [0.2, 0.25) is 0 Å². The maximum Gasteiger partial charge on any atom is 0.407 e. The number of hydrogen-bond acceptors (Lipinski definition) is 6. The van der Waals surface area contributed by atoms with Crippen LogP contribution < -0.4 is 5.32 Å². The molecule has 7 heteroatoms. The Morgan fingerprint density at radius 2 is 1.92 bits per heavy atom. The van der Waals surface area contributed by atoms with Gasteiger partial charge in [0.1, 0.15) is 24.6 Å². The molecule has 0 saturated heterocycles. The summed E-state index contributed by atoms with van der Waals surface area (Å²) < 4.78 is 4.99. The van der Waals surface area contributed by atoms with E-state index in [0.717, 1.165) is 5.56 Å². The number of amides is 1. The number of carbonyl (C=O) groups is 1. The lowest BCUT2D eigenvalue weighted by Crippen LogP contribution is -2.35. The van der Waals surface area contributed by atoms with E-state index in [9.17, 15) is 20.1 Å². The molecule has 1 amide bonds. The van der Waals surface area contributed by atoms with Gasteiger partial charge in [-0.2, -0.15) is 5.26 Å². The molecule has 0 heterocycles. The predicted molar refractivity (Wildman–Crippen MR) is 88.4 cm³/mol. The van der Waals surface area contributed by atoms with Crippen molar-refractivity contribution in [1.82, 2.24) is 5.32 Å². The van der Waals surface area contributed by atoms with Crippen molar-refractivity contribution in [3.8, 4) is 11.8 Å². The third kappa shape index (κ3) is 5.21. The molecule has 0 bridgehead atoms. The van der Waals surface area contributed by atoms with Crippen LogP contribution in [0, 0.1) is 11.3 Å². The summed E-state index contributed by atoms with van der Waals surface area (Å²) in [4.78, 5) is 11.6. The highest BCUT2D eigenvalue weighted by atomic mass is 16.5. The molecule has 2 rings (SSSR count). The van der Waals surface area contributed by atoms with Crippen molar-refractivity contribution in [2.45, 2.75) is 18.8 Å². The number of aromatic hydroxyl groups is 1. The Kier molecular flexibility index (Phi) is 6.34. The van der Waals surface area contributed by atoms with E-state index in [4.69, 9.17) is 10.00 Å². The minimum Gasteiger partial charge on any atom is -0.508 e. The van der Waals surface area contributed by atoms with Crippen molar-refractivity contribution >= 4 is 6.09 Å². The third-order valence-corrected chi connectivity index (χ3v) is 3.51. The van der Waals surface area contributed by atoms with Gasteiger partial charge < -0.3 is 25.4 Å². The summed E-state index contributed by atoms with van der Waals surface area (Å²) in [6.07, 6.45) is -3.60. The van der Waals surface area contributed by atoms with Gasteiger partial charge in [-0.05, 0) is 23.8 Å². The molecule has 0 aliphatic heterocycles. The fourth-order valence-electron chi connectivity index (χ4n) is 2.14. The van der Waals surface area contributed by atoms with Crippen LogP contribution in [0.1, 0.15) is 22.8 Å². The van der Waals surface area contributed by atoms with Gasteiger partial charge in [-0.1, -0.05) is 30.3 Å².